The number of carbonyl (C=O) groups is 1. The number of nitrogens with one attached hydrogen (secondary N) is 1. The number of carbonyl (C=O) groups excluding carboxylic acids is 1. The molecule has 2 aromatic rings. The van der Waals surface area contributed by atoms with Crippen molar-refractivity contribution in [1.82, 2.24) is 14.9 Å². The van der Waals surface area contributed by atoms with Gasteiger partial charge in [0.15, 0.2) is 9.84 Å². The number of aryl methyl sites for hydroxylation is 1. The molecule has 3 rings (SSSR count). The van der Waals surface area contributed by atoms with Gasteiger partial charge >= 0.3 is 0 Å². The van der Waals surface area contributed by atoms with Crippen LogP contribution in [0.1, 0.15) is 36.5 Å². The predicted molar refractivity (Wildman–Crippen MR) is 90.6 cm³/mol. The van der Waals surface area contributed by atoms with Gasteiger partial charge in [-0.15, -0.1) is 0 Å². The molecule has 1 atom stereocenters. The fourth-order valence-electron chi connectivity index (χ4n) is 2.90. The molecular weight excluding hydrogens is 326 g/mol. The second kappa shape index (κ2) is 6.39. The topological polar surface area (TPSA) is 81.1 Å². The van der Waals surface area contributed by atoms with Gasteiger partial charge in [0.2, 0.25) is 0 Å². The van der Waals surface area contributed by atoms with Crippen LogP contribution >= 0.6 is 0 Å². The van der Waals surface area contributed by atoms with E-state index in [1.165, 1.54) is 6.07 Å². The van der Waals surface area contributed by atoms with E-state index in [-0.39, 0.29) is 22.4 Å². The van der Waals surface area contributed by atoms with E-state index in [2.05, 4.69) is 10.3 Å². The van der Waals surface area contributed by atoms with Gasteiger partial charge in [0.25, 0.3) is 5.91 Å². The van der Waals surface area contributed by atoms with E-state index in [9.17, 15) is 13.2 Å². The lowest BCUT2D eigenvalue weighted by Gasteiger charge is -2.25. The van der Waals surface area contributed by atoms with Gasteiger partial charge in [0.05, 0.1) is 15.7 Å². The zero-order valence-corrected chi connectivity index (χ0v) is 14.6. The van der Waals surface area contributed by atoms with Crippen molar-refractivity contribution < 1.29 is 13.2 Å². The highest BCUT2D eigenvalue weighted by molar-refractivity contribution is 7.92. The van der Waals surface area contributed by atoms with Gasteiger partial charge in [-0.3, -0.25) is 4.79 Å². The number of rotatable bonds is 4. The average Bonchev–Trinajstić information content (AvgIpc) is 3.02. The van der Waals surface area contributed by atoms with Crippen molar-refractivity contribution >= 4 is 15.7 Å². The number of aromatic nitrogens is 2. The molecular formula is C17H21N3O3S. The Bertz CT molecular complexity index is 855. The molecule has 0 aliphatic carbocycles. The molecule has 24 heavy (non-hydrogen) atoms. The van der Waals surface area contributed by atoms with E-state index in [1.54, 1.807) is 38.2 Å². The van der Waals surface area contributed by atoms with Gasteiger partial charge in [-0.25, -0.2) is 13.4 Å². The van der Waals surface area contributed by atoms with E-state index in [0.29, 0.717) is 6.54 Å². The minimum absolute atomic E-state index is 0.0333. The first-order chi connectivity index (χ1) is 11.4. The van der Waals surface area contributed by atoms with Crippen molar-refractivity contribution in [3.05, 3.63) is 48.0 Å². The molecule has 1 amide bonds. The van der Waals surface area contributed by atoms with Crippen LogP contribution in [-0.2, 0) is 22.8 Å². The normalized spacial score (nSPS) is 17.5. The zero-order chi connectivity index (χ0) is 17.3. The minimum atomic E-state index is -3.51. The average molecular weight is 347 g/mol. The van der Waals surface area contributed by atoms with Crippen molar-refractivity contribution in [3.63, 3.8) is 0 Å². The highest BCUT2D eigenvalue weighted by Gasteiger charge is 2.27. The van der Waals surface area contributed by atoms with Crippen molar-refractivity contribution in [3.8, 4) is 0 Å². The van der Waals surface area contributed by atoms with Gasteiger partial charge in [0.1, 0.15) is 5.82 Å². The summed E-state index contributed by atoms with van der Waals surface area (Å²) >= 11 is 0. The molecule has 1 aromatic heterocycles. The Morgan fingerprint density at radius 1 is 1.33 bits per heavy atom. The largest absolute Gasteiger partial charge is 0.347 e. The van der Waals surface area contributed by atoms with E-state index in [0.717, 1.165) is 18.7 Å². The first-order valence-corrected chi connectivity index (χ1v) is 9.58. The molecule has 0 spiro atoms. The van der Waals surface area contributed by atoms with Gasteiger partial charge in [-0.05, 0) is 32.4 Å². The number of hydrogen-bond donors (Lipinski definition) is 1. The number of hydrogen-bond acceptors (Lipinski definition) is 4. The van der Waals surface area contributed by atoms with E-state index < -0.39 is 15.1 Å². The zero-order valence-electron chi connectivity index (χ0n) is 13.8. The summed E-state index contributed by atoms with van der Waals surface area (Å²) in [6.07, 6.45) is 5.24. The smallest absolute Gasteiger partial charge is 0.252 e. The van der Waals surface area contributed by atoms with Crippen LogP contribution in [0.15, 0.2) is 41.6 Å². The molecule has 0 saturated heterocycles. The summed E-state index contributed by atoms with van der Waals surface area (Å²) in [6, 6.07) is 6.36. The number of nitrogens with zero attached hydrogens (tertiary/aromatic N) is 2. The van der Waals surface area contributed by atoms with Crippen molar-refractivity contribution in [2.75, 3.05) is 0 Å². The molecule has 0 bridgehead atoms. The van der Waals surface area contributed by atoms with E-state index in [1.807, 2.05) is 10.8 Å². The van der Waals surface area contributed by atoms with E-state index >= 15 is 0 Å². The summed E-state index contributed by atoms with van der Waals surface area (Å²) in [6.45, 7) is 3.89. The Morgan fingerprint density at radius 2 is 2.08 bits per heavy atom. The van der Waals surface area contributed by atoms with Gasteiger partial charge < -0.3 is 9.88 Å². The van der Waals surface area contributed by atoms with Crippen molar-refractivity contribution in [2.24, 2.45) is 0 Å². The highest BCUT2D eigenvalue weighted by Crippen LogP contribution is 2.21. The Kier molecular flexibility index (Phi) is 4.45. The molecule has 0 unspecified atom stereocenters. The van der Waals surface area contributed by atoms with Crippen LogP contribution in [0.25, 0.3) is 0 Å². The van der Waals surface area contributed by atoms with Crippen molar-refractivity contribution in [2.45, 2.75) is 49.4 Å². The van der Waals surface area contributed by atoms with Crippen molar-refractivity contribution in [1.29, 1.82) is 0 Å². The SMILES string of the molecule is CC(C)S(=O)(=O)c1ccccc1C(=O)N[C@H]1CCc2nccn2C1. The minimum Gasteiger partial charge on any atom is -0.347 e. The molecule has 128 valence electrons. The first-order valence-electron chi connectivity index (χ1n) is 8.03. The lowest BCUT2D eigenvalue weighted by Crippen LogP contribution is -2.41. The summed E-state index contributed by atoms with van der Waals surface area (Å²) in [5, 5.41) is 2.39. The number of fused-ring (bicyclic) bond motifs is 1. The Morgan fingerprint density at radius 3 is 2.83 bits per heavy atom. The van der Waals surface area contributed by atoms with Crippen LogP contribution in [0.3, 0.4) is 0 Å². The molecule has 7 heteroatoms. The Hall–Kier alpha value is -2.15. The second-order valence-corrected chi connectivity index (χ2v) is 8.77. The fourth-order valence-corrected chi connectivity index (χ4v) is 4.15. The number of benzene rings is 1. The molecule has 1 N–H and O–H groups in total. The monoisotopic (exact) mass is 347 g/mol. The third-order valence-corrected chi connectivity index (χ3v) is 6.54. The van der Waals surface area contributed by atoms with Crippen LogP contribution in [0.2, 0.25) is 0 Å². The maximum atomic E-state index is 12.7. The third kappa shape index (κ3) is 3.08. The number of sulfone groups is 1. The van der Waals surface area contributed by atoms with Crippen LogP contribution in [0, 0.1) is 0 Å². The van der Waals surface area contributed by atoms with Crippen LogP contribution in [0.4, 0.5) is 0 Å². The van der Waals surface area contributed by atoms with Gasteiger partial charge in [-0.2, -0.15) is 0 Å². The predicted octanol–water partition coefficient (Wildman–Crippen LogP) is 1.81. The molecule has 2 heterocycles. The van der Waals surface area contributed by atoms with Crippen LogP contribution in [0.5, 0.6) is 0 Å². The molecule has 1 aliphatic rings. The number of amides is 1. The summed E-state index contributed by atoms with van der Waals surface area (Å²) in [5.74, 6) is 0.673. The highest BCUT2D eigenvalue weighted by atomic mass is 32.2. The summed E-state index contributed by atoms with van der Waals surface area (Å²) in [4.78, 5) is 17.0. The fraction of sp³-hybridized carbons (Fsp3) is 0.412. The lowest BCUT2D eigenvalue weighted by atomic mass is 10.1. The van der Waals surface area contributed by atoms with E-state index in [4.69, 9.17) is 0 Å². The lowest BCUT2D eigenvalue weighted by molar-refractivity contribution is 0.0924. The molecule has 6 nitrogen and oxygen atoms in total. The molecule has 0 fully saturated rings. The van der Waals surface area contributed by atoms with Crippen LogP contribution in [-0.4, -0.2) is 35.2 Å². The summed E-state index contributed by atoms with van der Waals surface area (Å²) in [5.41, 5.74) is 0.211. The number of imidazole rings is 1. The summed E-state index contributed by atoms with van der Waals surface area (Å²) < 4.78 is 27.0. The molecule has 0 radical (unpaired) electrons. The maximum Gasteiger partial charge on any atom is 0.252 e. The van der Waals surface area contributed by atoms with Gasteiger partial charge in [0, 0.05) is 31.4 Å². The quantitative estimate of drug-likeness (QED) is 0.914. The Labute approximate surface area is 141 Å². The third-order valence-electron chi connectivity index (χ3n) is 4.33. The van der Waals surface area contributed by atoms with Gasteiger partial charge in [-0.1, -0.05) is 12.1 Å². The molecule has 1 aliphatic heterocycles. The molecule has 0 saturated carbocycles. The first kappa shape index (κ1) is 16.7. The second-order valence-electron chi connectivity index (χ2n) is 6.29. The Balaban J connectivity index is 1.82. The molecule has 1 aromatic carbocycles. The summed E-state index contributed by atoms with van der Waals surface area (Å²) in [7, 11) is -3.51. The van der Waals surface area contributed by atoms with Crippen LogP contribution < -0.4 is 5.32 Å². The standard InChI is InChI=1S/C17H21N3O3S/c1-12(2)24(22,23)15-6-4-3-5-14(15)17(21)19-13-7-8-16-18-9-10-20(16)11-13/h3-6,9-10,12-13H,7-8,11H2,1-2H3,(H,19,21)/t13-/m0/s1. The maximum absolute atomic E-state index is 12.7.